The molecule has 19 heavy (non-hydrogen) atoms. The molecule has 100 valence electrons. The Morgan fingerprint density at radius 2 is 2.16 bits per heavy atom. The molecule has 0 atom stereocenters. The standard InChI is InChI=1S/C14H16N2OS2/c1-2-16(8-7-13(15)18)14(17)12-9-10-5-3-4-6-11(10)19-12/h3-6,9H,2,7-8H2,1H3,(H2,15,18). The van der Waals surface area contributed by atoms with Crippen LogP contribution >= 0.6 is 23.6 Å². The molecule has 0 bridgehead atoms. The molecular formula is C14H16N2OS2. The van der Waals surface area contributed by atoms with Gasteiger partial charge in [-0.3, -0.25) is 4.79 Å². The van der Waals surface area contributed by atoms with Crippen LogP contribution in [0, 0.1) is 0 Å². The highest BCUT2D eigenvalue weighted by molar-refractivity contribution is 7.80. The first-order chi connectivity index (χ1) is 9.11. The van der Waals surface area contributed by atoms with Crippen molar-refractivity contribution in [1.29, 1.82) is 0 Å². The lowest BCUT2D eigenvalue weighted by molar-refractivity contribution is 0.0774. The first-order valence-electron chi connectivity index (χ1n) is 6.18. The van der Waals surface area contributed by atoms with E-state index in [1.807, 2.05) is 37.3 Å². The molecule has 0 aliphatic rings. The number of amides is 1. The number of fused-ring (bicyclic) bond motifs is 1. The smallest absolute Gasteiger partial charge is 0.263 e. The summed E-state index contributed by atoms with van der Waals surface area (Å²) in [5.74, 6) is 0.0555. The summed E-state index contributed by atoms with van der Waals surface area (Å²) in [7, 11) is 0. The van der Waals surface area contributed by atoms with Crippen molar-refractivity contribution in [3.05, 3.63) is 35.2 Å². The molecule has 0 saturated carbocycles. The Morgan fingerprint density at radius 1 is 1.42 bits per heavy atom. The number of thiophene rings is 1. The molecule has 3 nitrogen and oxygen atoms in total. The van der Waals surface area contributed by atoms with E-state index in [4.69, 9.17) is 18.0 Å². The Kier molecular flexibility index (Phi) is 4.50. The second kappa shape index (κ2) is 6.12. The molecule has 0 aliphatic carbocycles. The summed E-state index contributed by atoms with van der Waals surface area (Å²) in [5, 5.41) is 1.11. The summed E-state index contributed by atoms with van der Waals surface area (Å²) in [6.45, 7) is 3.21. The van der Waals surface area contributed by atoms with E-state index in [0.717, 1.165) is 15.0 Å². The normalized spacial score (nSPS) is 10.6. The number of carbonyl (C=O) groups is 1. The highest BCUT2D eigenvalue weighted by atomic mass is 32.1. The lowest BCUT2D eigenvalue weighted by atomic mass is 10.2. The Balaban J connectivity index is 2.18. The number of hydrogen-bond acceptors (Lipinski definition) is 3. The van der Waals surface area contributed by atoms with Crippen molar-refractivity contribution in [3.8, 4) is 0 Å². The van der Waals surface area contributed by atoms with E-state index in [1.165, 1.54) is 11.3 Å². The highest BCUT2D eigenvalue weighted by Crippen LogP contribution is 2.26. The molecule has 0 radical (unpaired) electrons. The van der Waals surface area contributed by atoms with Gasteiger partial charge in [0, 0.05) is 24.2 Å². The topological polar surface area (TPSA) is 46.3 Å². The minimum absolute atomic E-state index is 0.0555. The predicted molar refractivity (Wildman–Crippen MR) is 84.8 cm³/mol. The fourth-order valence-corrected chi connectivity index (χ4v) is 3.01. The Bertz CT molecular complexity index is 573. The molecule has 0 aliphatic heterocycles. The lowest BCUT2D eigenvalue weighted by Crippen LogP contribution is -2.33. The van der Waals surface area contributed by atoms with Crippen LogP contribution in [0.2, 0.25) is 0 Å². The van der Waals surface area contributed by atoms with Crippen LogP contribution in [0.1, 0.15) is 23.0 Å². The monoisotopic (exact) mass is 292 g/mol. The van der Waals surface area contributed by atoms with E-state index in [0.29, 0.717) is 24.5 Å². The molecule has 1 heterocycles. The van der Waals surface area contributed by atoms with Gasteiger partial charge in [0.05, 0.1) is 9.87 Å². The van der Waals surface area contributed by atoms with Crippen LogP contribution in [0.15, 0.2) is 30.3 Å². The van der Waals surface area contributed by atoms with Gasteiger partial charge >= 0.3 is 0 Å². The van der Waals surface area contributed by atoms with Crippen molar-refractivity contribution in [3.63, 3.8) is 0 Å². The number of nitrogens with two attached hydrogens (primary N) is 1. The summed E-state index contributed by atoms with van der Waals surface area (Å²) in [5.41, 5.74) is 5.49. The number of hydrogen-bond donors (Lipinski definition) is 1. The minimum atomic E-state index is 0.0555. The average molecular weight is 292 g/mol. The predicted octanol–water partition coefficient (Wildman–Crippen LogP) is 3.04. The fourth-order valence-electron chi connectivity index (χ4n) is 1.89. The van der Waals surface area contributed by atoms with E-state index in [9.17, 15) is 4.79 Å². The Hall–Kier alpha value is -1.46. The van der Waals surface area contributed by atoms with Gasteiger partial charge in [-0.05, 0) is 24.4 Å². The molecule has 1 aromatic carbocycles. The summed E-state index contributed by atoms with van der Waals surface area (Å²) >= 11 is 6.39. The van der Waals surface area contributed by atoms with Gasteiger partial charge in [0.25, 0.3) is 5.91 Å². The summed E-state index contributed by atoms with van der Waals surface area (Å²) in [6.07, 6.45) is 0.569. The summed E-state index contributed by atoms with van der Waals surface area (Å²) < 4.78 is 1.14. The summed E-state index contributed by atoms with van der Waals surface area (Å²) in [4.78, 5) is 15.4. The highest BCUT2D eigenvalue weighted by Gasteiger charge is 2.16. The van der Waals surface area contributed by atoms with Crippen molar-refractivity contribution >= 4 is 44.5 Å². The molecule has 0 saturated heterocycles. The van der Waals surface area contributed by atoms with Crippen molar-refractivity contribution in [1.82, 2.24) is 4.90 Å². The minimum Gasteiger partial charge on any atom is -0.393 e. The molecule has 0 fully saturated rings. The first kappa shape index (κ1) is 14.0. The van der Waals surface area contributed by atoms with E-state index in [2.05, 4.69) is 0 Å². The maximum atomic E-state index is 12.4. The zero-order chi connectivity index (χ0) is 13.8. The van der Waals surface area contributed by atoms with Crippen LogP contribution in [0.5, 0.6) is 0 Å². The van der Waals surface area contributed by atoms with Crippen molar-refractivity contribution < 1.29 is 4.79 Å². The third-order valence-corrected chi connectivity index (χ3v) is 4.24. The maximum absolute atomic E-state index is 12.4. The lowest BCUT2D eigenvalue weighted by Gasteiger charge is -2.19. The van der Waals surface area contributed by atoms with Gasteiger partial charge in [-0.15, -0.1) is 11.3 Å². The number of nitrogens with zero attached hydrogens (tertiary/aromatic N) is 1. The maximum Gasteiger partial charge on any atom is 0.263 e. The quantitative estimate of drug-likeness (QED) is 0.862. The SMILES string of the molecule is CCN(CCC(N)=S)C(=O)c1cc2ccccc2s1. The number of thiocarbonyl (C=S) groups is 1. The second-order valence-electron chi connectivity index (χ2n) is 4.25. The van der Waals surface area contributed by atoms with Crippen LogP contribution in [0.3, 0.4) is 0 Å². The number of benzene rings is 1. The molecule has 2 N–H and O–H groups in total. The van der Waals surface area contributed by atoms with E-state index < -0.39 is 0 Å². The van der Waals surface area contributed by atoms with Crippen molar-refractivity contribution in [2.75, 3.05) is 13.1 Å². The molecule has 5 heteroatoms. The van der Waals surface area contributed by atoms with Gasteiger partial charge in [-0.2, -0.15) is 0 Å². The van der Waals surface area contributed by atoms with Gasteiger partial charge in [0.15, 0.2) is 0 Å². The van der Waals surface area contributed by atoms with Gasteiger partial charge in [-0.25, -0.2) is 0 Å². The number of carbonyl (C=O) groups excluding carboxylic acids is 1. The summed E-state index contributed by atoms with van der Waals surface area (Å²) in [6, 6.07) is 9.97. The van der Waals surface area contributed by atoms with E-state index in [-0.39, 0.29) is 5.91 Å². The molecule has 1 amide bonds. The van der Waals surface area contributed by atoms with Crippen LogP contribution in [0.4, 0.5) is 0 Å². The fraction of sp³-hybridized carbons (Fsp3) is 0.286. The Labute approximate surface area is 122 Å². The molecule has 1 aromatic heterocycles. The van der Waals surface area contributed by atoms with Crippen LogP contribution in [0.25, 0.3) is 10.1 Å². The zero-order valence-electron chi connectivity index (χ0n) is 10.8. The van der Waals surface area contributed by atoms with Crippen LogP contribution in [-0.2, 0) is 0 Å². The average Bonchev–Trinajstić information content (AvgIpc) is 2.82. The molecular weight excluding hydrogens is 276 g/mol. The van der Waals surface area contributed by atoms with Crippen LogP contribution in [-0.4, -0.2) is 28.9 Å². The van der Waals surface area contributed by atoms with E-state index in [1.54, 1.807) is 4.90 Å². The second-order valence-corrected chi connectivity index (χ2v) is 5.86. The third-order valence-electron chi connectivity index (χ3n) is 2.93. The molecule has 0 spiro atoms. The Morgan fingerprint density at radius 3 is 2.79 bits per heavy atom. The van der Waals surface area contributed by atoms with Gasteiger partial charge in [0.1, 0.15) is 0 Å². The van der Waals surface area contributed by atoms with Crippen LogP contribution < -0.4 is 5.73 Å². The third kappa shape index (κ3) is 3.30. The van der Waals surface area contributed by atoms with Gasteiger partial charge < -0.3 is 10.6 Å². The molecule has 2 aromatic rings. The van der Waals surface area contributed by atoms with E-state index >= 15 is 0 Å². The number of rotatable bonds is 5. The largest absolute Gasteiger partial charge is 0.393 e. The van der Waals surface area contributed by atoms with Crippen molar-refractivity contribution in [2.24, 2.45) is 5.73 Å². The van der Waals surface area contributed by atoms with Crippen molar-refractivity contribution in [2.45, 2.75) is 13.3 Å². The molecule has 2 rings (SSSR count). The van der Waals surface area contributed by atoms with Gasteiger partial charge in [-0.1, -0.05) is 30.4 Å². The molecule has 0 unspecified atom stereocenters. The zero-order valence-corrected chi connectivity index (χ0v) is 12.4. The van der Waals surface area contributed by atoms with Gasteiger partial charge in [0.2, 0.25) is 0 Å². The first-order valence-corrected chi connectivity index (χ1v) is 7.40.